The zero-order valence-electron chi connectivity index (χ0n) is 13.6. The first-order valence-electron chi connectivity index (χ1n) is 7.86. The zero-order valence-corrected chi connectivity index (χ0v) is 13.6. The van der Waals surface area contributed by atoms with Crippen molar-refractivity contribution in [3.63, 3.8) is 0 Å². The molecule has 0 aliphatic carbocycles. The molecule has 0 bridgehead atoms. The molecule has 0 spiro atoms. The van der Waals surface area contributed by atoms with Crippen LogP contribution in [0.5, 0.6) is 0 Å². The lowest BCUT2D eigenvalue weighted by atomic mass is 10.1. The molecule has 3 aromatic rings. The Kier molecular flexibility index (Phi) is 4.88. The van der Waals surface area contributed by atoms with Crippen LogP contribution < -0.4 is 5.32 Å². The highest BCUT2D eigenvalue weighted by Crippen LogP contribution is 2.16. The third kappa shape index (κ3) is 4.09. The summed E-state index contributed by atoms with van der Waals surface area (Å²) in [6.07, 6.45) is 3.58. The Bertz CT molecular complexity index is 877. The summed E-state index contributed by atoms with van der Waals surface area (Å²) >= 11 is 0. The largest absolute Gasteiger partial charge is 0.349 e. The molecule has 0 aliphatic heterocycles. The van der Waals surface area contributed by atoms with Gasteiger partial charge in [0.1, 0.15) is 0 Å². The van der Waals surface area contributed by atoms with Crippen molar-refractivity contribution < 1.29 is 13.6 Å². The van der Waals surface area contributed by atoms with E-state index in [-0.39, 0.29) is 12.3 Å². The van der Waals surface area contributed by atoms with E-state index in [4.69, 9.17) is 0 Å². The lowest BCUT2D eigenvalue weighted by Crippen LogP contribution is -2.28. The fourth-order valence-electron chi connectivity index (χ4n) is 2.52. The van der Waals surface area contributed by atoms with E-state index in [0.29, 0.717) is 5.56 Å². The van der Waals surface area contributed by atoms with Gasteiger partial charge in [-0.15, -0.1) is 0 Å². The molecule has 3 rings (SSSR count). The van der Waals surface area contributed by atoms with Crippen LogP contribution in [0.15, 0.2) is 60.9 Å². The molecule has 1 aromatic heterocycles. The highest BCUT2D eigenvalue weighted by atomic mass is 19.2. The van der Waals surface area contributed by atoms with Gasteiger partial charge in [0.2, 0.25) is 5.91 Å². The van der Waals surface area contributed by atoms with Crippen molar-refractivity contribution >= 4 is 5.91 Å². The Balaban J connectivity index is 1.62. The van der Waals surface area contributed by atoms with E-state index in [2.05, 4.69) is 10.4 Å². The van der Waals surface area contributed by atoms with Gasteiger partial charge < -0.3 is 5.32 Å². The summed E-state index contributed by atoms with van der Waals surface area (Å²) < 4.78 is 28.0. The van der Waals surface area contributed by atoms with Crippen LogP contribution in [0, 0.1) is 11.6 Å². The van der Waals surface area contributed by atoms with Crippen LogP contribution in [-0.4, -0.2) is 15.7 Å². The maximum absolute atomic E-state index is 13.3. The molecule has 2 aromatic carbocycles. The van der Waals surface area contributed by atoms with Gasteiger partial charge in [0.25, 0.3) is 0 Å². The van der Waals surface area contributed by atoms with Crippen molar-refractivity contribution in [3.05, 3.63) is 83.7 Å². The minimum atomic E-state index is -0.928. The Morgan fingerprint density at radius 3 is 2.64 bits per heavy atom. The van der Waals surface area contributed by atoms with Gasteiger partial charge in [0.05, 0.1) is 24.3 Å². The van der Waals surface area contributed by atoms with E-state index in [1.807, 2.05) is 30.3 Å². The second kappa shape index (κ2) is 7.25. The van der Waals surface area contributed by atoms with Gasteiger partial charge in [-0.2, -0.15) is 5.10 Å². The number of hydrogen-bond acceptors (Lipinski definition) is 2. The smallest absolute Gasteiger partial charge is 0.225 e. The Labute approximate surface area is 144 Å². The van der Waals surface area contributed by atoms with E-state index in [1.165, 1.54) is 6.07 Å². The summed E-state index contributed by atoms with van der Waals surface area (Å²) in [5, 5.41) is 7.02. The molecule has 0 saturated heterocycles. The Morgan fingerprint density at radius 1 is 1.16 bits per heavy atom. The third-order valence-electron chi connectivity index (χ3n) is 3.84. The average Bonchev–Trinajstić information content (AvgIpc) is 3.06. The number of rotatable bonds is 5. The average molecular weight is 341 g/mol. The summed E-state index contributed by atoms with van der Waals surface area (Å²) in [4.78, 5) is 12.2. The molecule has 0 radical (unpaired) electrons. The van der Waals surface area contributed by atoms with Crippen molar-refractivity contribution in [1.29, 1.82) is 0 Å². The monoisotopic (exact) mass is 341 g/mol. The van der Waals surface area contributed by atoms with Crippen molar-refractivity contribution in [2.24, 2.45) is 0 Å². The molecule has 0 fully saturated rings. The second-order valence-corrected chi connectivity index (χ2v) is 5.77. The lowest BCUT2D eigenvalue weighted by Gasteiger charge is -2.14. The third-order valence-corrected chi connectivity index (χ3v) is 3.84. The molecule has 0 aliphatic rings. The predicted molar refractivity (Wildman–Crippen MR) is 90.2 cm³/mol. The second-order valence-electron chi connectivity index (χ2n) is 5.77. The van der Waals surface area contributed by atoms with Crippen LogP contribution in [0.4, 0.5) is 8.78 Å². The fraction of sp³-hybridized carbons (Fsp3) is 0.158. The van der Waals surface area contributed by atoms with Gasteiger partial charge in [0.15, 0.2) is 11.6 Å². The molecule has 1 N–H and O–H groups in total. The number of nitrogens with one attached hydrogen (secondary N) is 1. The number of para-hydroxylation sites is 1. The number of carbonyl (C=O) groups is 1. The minimum absolute atomic E-state index is 0.154. The molecule has 1 amide bonds. The lowest BCUT2D eigenvalue weighted by molar-refractivity contribution is -0.121. The number of carbonyl (C=O) groups excluding carboxylic acids is 1. The zero-order chi connectivity index (χ0) is 17.8. The maximum Gasteiger partial charge on any atom is 0.225 e. The van der Waals surface area contributed by atoms with E-state index in [0.717, 1.165) is 23.4 Å². The quantitative estimate of drug-likeness (QED) is 0.771. The molecule has 6 heteroatoms. The van der Waals surface area contributed by atoms with Gasteiger partial charge >= 0.3 is 0 Å². The fourth-order valence-corrected chi connectivity index (χ4v) is 2.52. The normalized spacial score (nSPS) is 12.0. The summed E-state index contributed by atoms with van der Waals surface area (Å²) in [5.41, 5.74) is 2.18. The number of aromatic nitrogens is 2. The first-order chi connectivity index (χ1) is 12.0. The molecular formula is C19H17F2N3O. The summed E-state index contributed by atoms with van der Waals surface area (Å²) in [5.74, 6) is -2.05. The highest BCUT2D eigenvalue weighted by Gasteiger charge is 2.13. The van der Waals surface area contributed by atoms with E-state index in [1.54, 1.807) is 24.0 Å². The SMILES string of the molecule is CC(NC(=O)Cc1cnn(-c2ccccc2)c1)c1ccc(F)c(F)c1. The molecule has 0 saturated carbocycles. The number of nitrogens with zero attached hydrogens (tertiary/aromatic N) is 2. The molecule has 1 atom stereocenters. The van der Waals surface area contributed by atoms with Crippen LogP contribution in [0.2, 0.25) is 0 Å². The van der Waals surface area contributed by atoms with E-state index in [9.17, 15) is 13.6 Å². The molecule has 4 nitrogen and oxygen atoms in total. The number of amides is 1. The van der Waals surface area contributed by atoms with Crippen molar-refractivity contribution in [3.8, 4) is 5.69 Å². The number of halogens is 2. The first kappa shape index (κ1) is 16.8. The summed E-state index contributed by atoms with van der Waals surface area (Å²) in [6.45, 7) is 1.72. The highest BCUT2D eigenvalue weighted by molar-refractivity contribution is 5.78. The van der Waals surface area contributed by atoms with Gasteiger partial charge in [-0.05, 0) is 42.3 Å². The minimum Gasteiger partial charge on any atom is -0.349 e. The van der Waals surface area contributed by atoms with Gasteiger partial charge in [-0.3, -0.25) is 4.79 Å². The van der Waals surface area contributed by atoms with Crippen molar-refractivity contribution in [2.45, 2.75) is 19.4 Å². The first-order valence-corrected chi connectivity index (χ1v) is 7.86. The van der Waals surface area contributed by atoms with Crippen LogP contribution in [-0.2, 0) is 11.2 Å². The summed E-state index contributed by atoms with van der Waals surface area (Å²) in [6, 6.07) is 12.7. The molecule has 1 heterocycles. The van der Waals surface area contributed by atoms with Gasteiger partial charge in [-0.1, -0.05) is 24.3 Å². The molecule has 128 valence electrons. The Hall–Kier alpha value is -3.02. The van der Waals surface area contributed by atoms with E-state index >= 15 is 0 Å². The van der Waals surface area contributed by atoms with Gasteiger partial charge in [-0.25, -0.2) is 13.5 Å². The van der Waals surface area contributed by atoms with Crippen LogP contribution in [0.25, 0.3) is 5.69 Å². The topological polar surface area (TPSA) is 46.9 Å². The van der Waals surface area contributed by atoms with Crippen LogP contribution in [0.1, 0.15) is 24.1 Å². The number of hydrogen-bond donors (Lipinski definition) is 1. The van der Waals surface area contributed by atoms with Crippen molar-refractivity contribution in [2.75, 3.05) is 0 Å². The summed E-state index contributed by atoms with van der Waals surface area (Å²) in [7, 11) is 0. The molecular weight excluding hydrogens is 324 g/mol. The van der Waals surface area contributed by atoms with Crippen molar-refractivity contribution in [1.82, 2.24) is 15.1 Å². The standard InChI is InChI=1S/C19H17F2N3O/c1-13(15-7-8-17(20)18(21)10-15)23-19(25)9-14-11-22-24(12-14)16-5-3-2-4-6-16/h2-8,10-13H,9H2,1H3,(H,23,25). The Morgan fingerprint density at radius 2 is 1.92 bits per heavy atom. The van der Waals surface area contributed by atoms with Crippen LogP contribution in [0.3, 0.4) is 0 Å². The predicted octanol–water partition coefficient (Wildman–Crippen LogP) is 3.57. The number of benzene rings is 2. The molecule has 25 heavy (non-hydrogen) atoms. The maximum atomic E-state index is 13.3. The molecule has 1 unspecified atom stereocenters. The van der Waals surface area contributed by atoms with E-state index < -0.39 is 17.7 Å². The van der Waals surface area contributed by atoms with Gasteiger partial charge in [0, 0.05) is 6.20 Å². The van der Waals surface area contributed by atoms with Crippen LogP contribution >= 0.6 is 0 Å².